The molecule has 0 aromatic carbocycles. The molecule has 110 valence electrons. The molecule has 0 aliphatic heterocycles. The van der Waals surface area contributed by atoms with Gasteiger partial charge >= 0.3 is 0 Å². The summed E-state index contributed by atoms with van der Waals surface area (Å²) in [7, 11) is 0. The zero-order valence-corrected chi connectivity index (χ0v) is 13.4. The van der Waals surface area contributed by atoms with Crippen molar-refractivity contribution in [2.45, 2.75) is 85.1 Å². The molecule has 0 aliphatic rings. The van der Waals surface area contributed by atoms with Gasteiger partial charge in [0.1, 0.15) is 11.6 Å². The van der Waals surface area contributed by atoms with Crippen LogP contribution in [0.15, 0.2) is 0 Å². The van der Waals surface area contributed by atoms with E-state index in [0.29, 0.717) is 12.0 Å². The van der Waals surface area contributed by atoms with Crippen molar-refractivity contribution in [3.8, 4) is 0 Å². The van der Waals surface area contributed by atoms with Crippen molar-refractivity contribution in [3.05, 3.63) is 11.5 Å². The van der Waals surface area contributed by atoms with Crippen molar-refractivity contribution < 1.29 is 0 Å². The van der Waals surface area contributed by atoms with Gasteiger partial charge in [0.2, 0.25) is 0 Å². The fourth-order valence-corrected chi connectivity index (χ4v) is 2.54. The van der Waals surface area contributed by atoms with Crippen LogP contribution in [0.2, 0.25) is 0 Å². The van der Waals surface area contributed by atoms with Gasteiger partial charge in [-0.2, -0.15) is 0 Å². The third kappa shape index (κ3) is 4.26. The van der Waals surface area contributed by atoms with Gasteiger partial charge in [-0.1, -0.05) is 46.5 Å². The third-order valence-corrected chi connectivity index (χ3v) is 3.60. The zero-order valence-electron chi connectivity index (χ0n) is 13.4. The second-order valence-corrected chi connectivity index (χ2v) is 6.08. The molecular formula is C16H31N3. The first kappa shape index (κ1) is 16.1. The van der Waals surface area contributed by atoms with Gasteiger partial charge in [-0.3, -0.25) is 0 Å². The number of rotatable bonds is 8. The number of anilines is 1. The third-order valence-electron chi connectivity index (χ3n) is 3.60. The number of aromatic nitrogens is 2. The predicted octanol–water partition coefficient (Wildman–Crippen LogP) is 4.68. The van der Waals surface area contributed by atoms with E-state index in [1.54, 1.807) is 0 Å². The Hall–Kier alpha value is -0.990. The van der Waals surface area contributed by atoms with Crippen LogP contribution in [-0.4, -0.2) is 9.55 Å². The van der Waals surface area contributed by atoms with Crippen molar-refractivity contribution in [2.24, 2.45) is 0 Å². The van der Waals surface area contributed by atoms with Crippen molar-refractivity contribution in [3.63, 3.8) is 0 Å². The monoisotopic (exact) mass is 265 g/mol. The Morgan fingerprint density at radius 3 is 2.16 bits per heavy atom. The average Bonchev–Trinajstić information content (AvgIpc) is 2.67. The van der Waals surface area contributed by atoms with Crippen molar-refractivity contribution in [1.82, 2.24) is 9.55 Å². The molecule has 0 saturated carbocycles. The summed E-state index contributed by atoms with van der Waals surface area (Å²) in [5.41, 5.74) is 7.39. The van der Waals surface area contributed by atoms with E-state index in [1.807, 2.05) is 0 Å². The number of hydrogen-bond acceptors (Lipinski definition) is 2. The maximum absolute atomic E-state index is 6.28. The standard InChI is InChI=1S/C16H31N3/c1-6-7-8-9-10-11-14-15(17)19(13(4)5)16(18-14)12(2)3/h12-13H,6-11,17H2,1-5H3. The molecule has 0 fully saturated rings. The Balaban J connectivity index is 2.71. The first-order valence-electron chi connectivity index (χ1n) is 7.85. The van der Waals surface area contributed by atoms with Gasteiger partial charge in [-0.15, -0.1) is 0 Å². The Bertz CT molecular complexity index is 378. The second-order valence-electron chi connectivity index (χ2n) is 6.08. The summed E-state index contributed by atoms with van der Waals surface area (Å²) in [5, 5.41) is 0. The molecule has 3 heteroatoms. The molecule has 0 spiro atoms. The Kier molecular flexibility index (Phi) is 6.40. The topological polar surface area (TPSA) is 43.8 Å². The van der Waals surface area contributed by atoms with Crippen LogP contribution in [-0.2, 0) is 6.42 Å². The van der Waals surface area contributed by atoms with Gasteiger partial charge in [0, 0.05) is 12.0 Å². The number of aryl methyl sites for hydroxylation is 1. The SMILES string of the molecule is CCCCCCCc1nc(C(C)C)n(C(C)C)c1N. The molecule has 1 aromatic rings. The molecule has 3 nitrogen and oxygen atoms in total. The average molecular weight is 265 g/mol. The molecule has 2 N–H and O–H groups in total. The molecule has 0 saturated heterocycles. The lowest BCUT2D eigenvalue weighted by Crippen LogP contribution is -2.10. The number of nitrogens with two attached hydrogens (primary N) is 1. The minimum Gasteiger partial charge on any atom is -0.384 e. The van der Waals surface area contributed by atoms with E-state index in [2.05, 4.69) is 39.2 Å². The number of nitrogens with zero attached hydrogens (tertiary/aromatic N) is 2. The van der Waals surface area contributed by atoms with Crippen LogP contribution in [0.4, 0.5) is 5.82 Å². The van der Waals surface area contributed by atoms with Crippen LogP contribution < -0.4 is 5.73 Å². The van der Waals surface area contributed by atoms with Crippen LogP contribution in [0.5, 0.6) is 0 Å². The first-order valence-corrected chi connectivity index (χ1v) is 7.85. The van der Waals surface area contributed by atoms with E-state index in [4.69, 9.17) is 10.7 Å². The molecule has 1 rings (SSSR count). The summed E-state index contributed by atoms with van der Waals surface area (Å²) in [6, 6.07) is 0.388. The molecule has 0 atom stereocenters. The highest BCUT2D eigenvalue weighted by molar-refractivity contribution is 5.39. The summed E-state index contributed by atoms with van der Waals surface area (Å²) in [6.07, 6.45) is 7.48. The fourth-order valence-electron chi connectivity index (χ4n) is 2.54. The predicted molar refractivity (Wildman–Crippen MR) is 83.6 cm³/mol. The van der Waals surface area contributed by atoms with Crippen LogP contribution in [0, 0.1) is 0 Å². The van der Waals surface area contributed by atoms with E-state index < -0.39 is 0 Å². The normalized spacial score (nSPS) is 11.7. The van der Waals surface area contributed by atoms with Crippen LogP contribution in [0.3, 0.4) is 0 Å². The number of imidazole rings is 1. The van der Waals surface area contributed by atoms with Crippen LogP contribution in [0.1, 0.15) is 90.2 Å². The van der Waals surface area contributed by atoms with Gasteiger partial charge in [0.15, 0.2) is 0 Å². The van der Waals surface area contributed by atoms with E-state index in [-0.39, 0.29) is 0 Å². The maximum atomic E-state index is 6.28. The summed E-state index contributed by atoms with van der Waals surface area (Å²) < 4.78 is 2.20. The molecular weight excluding hydrogens is 234 g/mol. The van der Waals surface area contributed by atoms with E-state index in [1.165, 1.54) is 32.1 Å². The minimum atomic E-state index is 0.388. The number of hydrogen-bond donors (Lipinski definition) is 1. The van der Waals surface area contributed by atoms with Gasteiger partial charge < -0.3 is 10.3 Å². The van der Waals surface area contributed by atoms with Gasteiger partial charge in [-0.05, 0) is 26.7 Å². The summed E-state index contributed by atoms with van der Waals surface area (Å²) in [5.74, 6) is 2.45. The lowest BCUT2D eigenvalue weighted by Gasteiger charge is -2.15. The highest BCUT2D eigenvalue weighted by Crippen LogP contribution is 2.26. The number of nitrogen functional groups attached to an aromatic ring is 1. The van der Waals surface area contributed by atoms with E-state index >= 15 is 0 Å². The second kappa shape index (κ2) is 7.56. The van der Waals surface area contributed by atoms with Crippen molar-refractivity contribution in [1.29, 1.82) is 0 Å². The van der Waals surface area contributed by atoms with Gasteiger partial charge in [0.05, 0.1) is 5.69 Å². The van der Waals surface area contributed by atoms with Crippen LogP contribution >= 0.6 is 0 Å². The van der Waals surface area contributed by atoms with Crippen molar-refractivity contribution >= 4 is 5.82 Å². The Morgan fingerprint density at radius 2 is 1.68 bits per heavy atom. The van der Waals surface area contributed by atoms with Gasteiger partial charge in [0.25, 0.3) is 0 Å². The lowest BCUT2D eigenvalue weighted by atomic mass is 10.1. The molecule has 0 bridgehead atoms. The molecule has 19 heavy (non-hydrogen) atoms. The molecule has 0 aliphatic carbocycles. The van der Waals surface area contributed by atoms with Crippen LogP contribution in [0.25, 0.3) is 0 Å². The Labute approximate surface area is 118 Å². The highest BCUT2D eigenvalue weighted by atomic mass is 15.2. The Morgan fingerprint density at radius 1 is 1.05 bits per heavy atom. The molecule has 0 unspecified atom stereocenters. The largest absolute Gasteiger partial charge is 0.384 e. The summed E-state index contributed by atoms with van der Waals surface area (Å²) in [4.78, 5) is 4.79. The number of unbranched alkanes of at least 4 members (excludes halogenated alkanes) is 4. The molecule has 1 aromatic heterocycles. The molecule has 0 radical (unpaired) electrons. The summed E-state index contributed by atoms with van der Waals surface area (Å²) >= 11 is 0. The lowest BCUT2D eigenvalue weighted by molar-refractivity contribution is 0.556. The van der Waals surface area contributed by atoms with E-state index in [0.717, 1.165) is 23.8 Å². The maximum Gasteiger partial charge on any atom is 0.127 e. The zero-order chi connectivity index (χ0) is 14.4. The fraction of sp³-hybridized carbons (Fsp3) is 0.812. The van der Waals surface area contributed by atoms with Gasteiger partial charge in [-0.25, -0.2) is 4.98 Å². The summed E-state index contributed by atoms with van der Waals surface area (Å²) in [6.45, 7) is 11.0. The first-order chi connectivity index (χ1) is 8.99. The minimum absolute atomic E-state index is 0.388. The molecule has 0 amide bonds. The van der Waals surface area contributed by atoms with Crippen molar-refractivity contribution in [2.75, 3.05) is 5.73 Å². The quantitative estimate of drug-likeness (QED) is 0.693. The van der Waals surface area contributed by atoms with E-state index in [9.17, 15) is 0 Å². The highest BCUT2D eigenvalue weighted by Gasteiger charge is 2.18. The molecule has 1 heterocycles. The smallest absolute Gasteiger partial charge is 0.127 e.